The maximum absolute atomic E-state index is 13.2. The molecule has 0 unspecified atom stereocenters. The van der Waals surface area contributed by atoms with Gasteiger partial charge >= 0.3 is 6.03 Å². The molecule has 4 amide bonds. The van der Waals surface area contributed by atoms with Gasteiger partial charge in [-0.3, -0.25) is 14.9 Å². The van der Waals surface area contributed by atoms with Gasteiger partial charge in [0.05, 0.1) is 5.69 Å². The number of hydrogen-bond acceptors (Lipinski definition) is 3. The normalized spacial score (nSPS) is 15.4. The van der Waals surface area contributed by atoms with E-state index >= 15 is 0 Å². The molecule has 6 nitrogen and oxygen atoms in total. The zero-order valence-corrected chi connectivity index (χ0v) is 21.4. The van der Waals surface area contributed by atoms with Crippen LogP contribution in [0.25, 0.3) is 11.8 Å². The van der Waals surface area contributed by atoms with Crippen LogP contribution < -0.4 is 10.2 Å². The SMILES string of the molecule is Cc1ccc(N2C(=O)NC(=O)/C(=C\c3cc(C)n(-c4ccc(I)c(C)c4)c3C)C2=O)cc1Cl. The largest absolute Gasteiger partial charge is 0.335 e. The van der Waals surface area contributed by atoms with Crippen LogP contribution in [0.3, 0.4) is 0 Å². The van der Waals surface area contributed by atoms with Crippen LogP contribution in [0.2, 0.25) is 5.02 Å². The smallest absolute Gasteiger partial charge is 0.318 e. The zero-order chi connectivity index (χ0) is 24.0. The maximum Gasteiger partial charge on any atom is 0.335 e. The molecule has 0 atom stereocenters. The van der Waals surface area contributed by atoms with Crippen LogP contribution in [0.15, 0.2) is 48.0 Å². The van der Waals surface area contributed by atoms with Crippen molar-refractivity contribution < 1.29 is 14.4 Å². The van der Waals surface area contributed by atoms with Gasteiger partial charge in [-0.25, -0.2) is 9.69 Å². The van der Waals surface area contributed by atoms with Gasteiger partial charge in [0.15, 0.2) is 0 Å². The number of imide groups is 2. The lowest BCUT2D eigenvalue weighted by atomic mass is 10.1. The van der Waals surface area contributed by atoms with Crippen molar-refractivity contribution in [2.75, 3.05) is 4.90 Å². The second-order valence-electron chi connectivity index (χ2n) is 7.99. The summed E-state index contributed by atoms with van der Waals surface area (Å²) in [6.45, 7) is 7.77. The van der Waals surface area contributed by atoms with Crippen LogP contribution in [-0.4, -0.2) is 22.4 Å². The molecule has 8 heteroatoms. The monoisotopic (exact) mass is 573 g/mol. The van der Waals surface area contributed by atoms with Gasteiger partial charge in [0.2, 0.25) is 0 Å². The number of rotatable bonds is 3. The minimum atomic E-state index is -0.804. The van der Waals surface area contributed by atoms with Crippen LogP contribution in [0.5, 0.6) is 0 Å². The van der Waals surface area contributed by atoms with Gasteiger partial charge in [-0.2, -0.15) is 0 Å². The number of halogens is 2. The molecule has 2 heterocycles. The summed E-state index contributed by atoms with van der Waals surface area (Å²) in [5.74, 6) is -1.42. The molecule has 0 saturated carbocycles. The summed E-state index contributed by atoms with van der Waals surface area (Å²) in [5, 5.41) is 2.68. The Morgan fingerprint density at radius 1 is 0.909 bits per heavy atom. The number of benzene rings is 2. The van der Waals surface area contributed by atoms with Crippen molar-refractivity contribution in [3.05, 3.63) is 84.7 Å². The average Bonchev–Trinajstić information content (AvgIpc) is 3.03. The second-order valence-corrected chi connectivity index (χ2v) is 9.56. The van der Waals surface area contributed by atoms with Gasteiger partial charge in [0.1, 0.15) is 5.57 Å². The number of anilines is 1. The highest BCUT2D eigenvalue weighted by atomic mass is 127. The Labute approximate surface area is 210 Å². The third-order valence-electron chi connectivity index (χ3n) is 5.69. The van der Waals surface area contributed by atoms with Crippen molar-refractivity contribution in [1.82, 2.24) is 9.88 Å². The molecule has 1 aliphatic heterocycles. The maximum atomic E-state index is 13.2. The lowest BCUT2D eigenvalue weighted by Gasteiger charge is -2.26. The molecule has 3 aromatic rings. The average molecular weight is 574 g/mol. The van der Waals surface area contributed by atoms with E-state index in [0.717, 1.165) is 38.7 Å². The number of hydrogen-bond donors (Lipinski definition) is 1. The first-order valence-corrected chi connectivity index (χ1v) is 11.7. The molecule has 0 spiro atoms. The fourth-order valence-corrected chi connectivity index (χ4v) is 4.38. The van der Waals surface area contributed by atoms with E-state index < -0.39 is 17.8 Å². The number of nitrogens with one attached hydrogen (secondary N) is 1. The summed E-state index contributed by atoms with van der Waals surface area (Å²) in [5.41, 5.74) is 5.71. The fraction of sp³-hybridized carbons (Fsp3) is 0.160. The van der Waals surface area contributed by atoms with E-state index in [-0.39, 0.29) is 5.57 Å². The van der Waals surface area contributed by atoms with E-state index in [0.29, 0.717) is 10.7 Å². The minimum Gasteiger partial charge on any atom is -0.318 e. The van der Waals surface area contributed by atoms with Crippen molar-refractivity contribution in [3.63, 3.8) is 0 Å². The number of urea groups is 1. The Bertz CT molecular complexity index is 1370. The molecule has 2 aromatic carbocycles. The first-order valence-electron chi connectivity index (χ1n) is 10.2. The summed E-state index contributed by atoms with van der Waals surface area (Å²) in [4.78, 5) is 39.2. The number of aryl methyl sites for hydroxylation is 3. The van der Waals surface area contributed by atoms with Crippen molar-refractivity contribution in [3.8, 4) is 5.69 Å². The van der Waals surface area contributed by atoms with Crippen molar-refractivity contribution in [2.45, 2.75) is 27.7 Å². The van der Waals surface area contributed by atoms with E-state index in [1.54, 1.807) is 12.1 Å². The standard InChI is InChI=1S/C25H21ClIN3O3/c1-13-5-6-19(12-21(13)26)30-24(32)20(23(31)28-25(30)33)11-17-10-15(3)29(16(17)4)18-7-8-22(27)14(2)9-18/h5-12H,1-4H3,(H,28,31,33)/b20-11+. The van der Waals surface area contributed by atoms with Gasteiger partial charge in [0.25, 0.3) is 11.8 Å². The van der Waals surface area contributed by atoms with Gasteiger partial charge in [-0.05, 0) is 109 Å². The minimum absolute atomic E-state index is 0.120. The Hall–Kier alpha value is -2.91. The molecule has 1 saturated heterocycles. The number of nitrogens with zero attached hydrogens (tertiary/aromatic N) is 2. The van der Waals surface area contributed by atoms with E-state index in [2.05, 4.69) is 51.5 Å². The van der Waals surface area contributed by atoms with Crippen molar-refractivity contribution >= 4 is 63.8 Å². The predicted octanol–water partition coefficient (Wildman–Crippen LogP) is 5.64. The lowest BCUT2D eigenvalue weighted by molar-refractivity contribution is -0.122. The molecule has 168 valence electrons. The molecular weight excluding hydrogens is 553 g/mol. The summed E-state index contributed by atoms with van der Waals surface area (Å²) >= 11 is 8.48. The lowest BCUT2D eigenvalue weighted by Crippen LogP contribution is -2.54. The Kier molecular flexibility index (Phi) is 6.20. The van der Waals surface area contributed by atoms with Gasteiger partial charge < -0.3 is 4.57 Å². The van der Waals surface area contributed by atoms with E-state index in [1.165, 1.54) is 15.7 Å². The van der Waals surface area contributed by atoms with Crippen LogP contribution in [-0.2, 0) is 9.59 Å². The van der Waals surface area contributed by atoms with Crippen LogP contribution >= 0.6 is 34.2 Å². The summed E-state index contributed by atoms with van der Waals surface area (Å²) in [7, 11) is 0. The number of aromatic nitrogens is 1. The van der Waals surface area contributed by atoms with E-state index in [1.807, 2.05) is 32.9 Å². The van der Waals surface area contributed by atoms with E-state index in [4.69, 9.17) is 11.6 Å². The molecule has 1 aliphatic rings. The summed E-state index contributed by atoms with van der Waals surface area (Å²) < 4.78 is 3.25. The quantitative estimate of drug-likeness (QED) is 0.251. The topological polar surface area (TPSA) is 71.4 Å². The summed E-state index contributed by atoms with van der Waals surface area (Å²) in [6.07, 6.45) is 1.53. The molecule has 1 N–H and O–H groups in total. The molecule has 0 radical (unpaired) electrons. The Morgan fingerprint density at radius 2 is 1.61 bits per heavy atom. The Morgan fingerprint density at radius 3 is 2.27 bits per heavy atom. The molecule has 4 rings (SSSR count). The first-order chi connectivity index (χ1) is 15.6. The second kappa shape index (κ2) is 8.79. The molecule has 33 heavy (non-hydrogen) atoms. The van der Waals surface area contributed by atoms with Gasteiger partial charge in [0, 0.05) is 25.7 Å². The molecule has 0 bridgehead atoms. The predicted molar refractivity (Wildman–Crippen MR) is 138 cm³/mol. The van der Waals surface area contributed by atoms with E-state index in [9.17, 15) is 14.4 Å². The van der Waals surface area contributed by atoms with Crippen LogP contribution in [0.4, 0.5) is 10.5 Å². The number of carbonyl (C=O) groups is 3. The van der Waals surface area contributed by atoms with Crippen LogP contribution in [0.1, 0.15) is 28.1 Å². The fourth-order valence-electron chi connectivity index (χ4n) is 3.87. The highest BCUT2D eigenvalue weighted by molar-refractivity contribution is 14.1. The van der Waals surface area contributed by atoms with Crippen LogP contribution in [0, 0.1) is 31.3 Å². The molecular formula is C25H21ClIN3O3. The highest BCUT2D eigenvalue weighted by Gasteiger charge is 2.37. The van der Waals surface area contributed by atoms with Crippen molar-refractivity contribution in [1.29, 1.82) is 0 Å². The van der Waals surface area contributed by atoms with Gasteiger partial charge in [-0.1, -0.05) is 17.7 Å². The third-order valence-corrected chi connectivity index (χ3v) is 7.30. The first kappa shape index (κ1) is 23.3. The highest BCUT2D eigenvalue weighted by Crippen LogP contribution is 2.29. The number of amides is 4. The van der Waals surface area contributed by atoms with Crippen molar-refractivity contribution in [2.24, 2.45) is 0 Å². The molecule has 1 aromatic heterocycles. The van der Waals surface area contributed by atoms with Gasteiger partial charge in [-0.15, -0.1) is 0 Å². The molecule has 1 fully saturated rings. The zero-order valence-electron chi connectivity index (χ0n) is 18.5. The number of carbonyl (C=O) groups excluding carboxylic acids is 3. The molecule has 0 aliphatic carbocycles. The number of barbiturate groups is 1. The third kappa shape index (κ3) is 4.22. The summed E-state index contributed by atoms with van der Waals surface area (Å²) in [6, 6.07) is 12.2. The Balaban J connectivity index is 1.77.